The largest absolute Gasteiger partial charge is 0.471 e. The van der Waals surface area contributed by atoms with Crippen molar-refractivity contribution in [2.45, 2.75) is 12.2 Å². The Bertz CT molecular complexity index is 974. The summed E-state index contributed by atoms with van der Waals surface area (Å²) in [6.07, 6.45) is -3.42. The number of rotatable bonds is 3. The van der Waals surface area contributed by atoms with Crippen molar-refractivity contribution in [1.29, 1.82) is 0 Å². The normalized spacial score (nSPS) is 17.8. The van der Waals surface area contributed by atoms with E-state index < -0.39 is 12.1 Å². The number of anilines is 1. The second-order valence-corrected chi connectivity index (χ2v) is 6.03. The molecular formula is C18H13F3N4O3. The number of hydrogen-bond donors (Lipinski definition) is 0. The SMILES string of the molecule is O=C1COC[C@@H](c2ccccc2)N1c1ccc(-c2noc(C(F)(F)F)n2)cn1. The molecule has 4 rings (SSSR count). The van der Waals surface area contributed by atoms with E-state index in [0.29, 0.717) is 12.4 Å². The van der Waals surface area contributed by atoms with E-state index in [-0.39, 0.29) is 29.9 Å². The lowest BCUT2D eigenvalue weighted by Gasteiger charge is -2.35. The number of nitrogens with zero attached hydrogens (tertiary/aromatic N) is 4. The van der Waals surface area contributed by atoms with Crippen molar-refractivity contribution < 1.29 is 27.2 Å². The van der Waals surface area contributed by atoms with Crippen molar-refractivity contribution in [2.75, 3.05) is 18.1 Å². The third-order valence-electron chi connectivity index (χ3n) is 4.19. The highest BCUT2D eigenvalue weighted by Gasteiger charge is 2.38. The van der Waals surface area contributed by atoms with Gasteiger partial charge in [-0.05, 0) is 17.7 Å². The fraction of sp³-hybridized carbons (Fsp3) is 0.222. The highest BCUT2D eigenvalue weighted by atomic mass is 19.4. The maximum atomic E-state index is 12.6. The van der Waals surface area contributed by atoms with Gasteiger partial charge >= 0.3 is 12.1 Å². The summed E-state index contributed by atoms with van der Waals surface area (Å²) in [6.45, 7) is 0.228. The minimum absolute atomic E-state index is 0.0768. The maximum absolute atomic E-state index is 12.6. The summed E-state index contributed by atoms with van der Waals surface area (Å²) in [5.74, 6) is -1.58. The second kappa shape index (κ2) is 7.04. The number of halogens is 3. The molecule has 0 saturated carbocycles. The van der Waals surface area contributed by atoms with Crippen molar-refractivity contribution in [3.63, 3.8) is 0 Å². The van der Waals surface area contributed by atoms with Crippen LogP contribution >= 0.6 is 0 Å². The van der Waals surface area contributed by atoms with Gasteiger partial charge in [-0.25, -0.2) is 4.98 Å². The monoisotopic (exact) mass is 390 g/mol. The van der Waals surface area contributed by atoms with Crippen molar-refractivity contribution in [2.24, 2.45) is 0 Å². The molecule has 0 aliphatic carbocycles. The first kappa shape index (κ1) is 18.1. The molecule has 1 atom stereocenters. The highest BCUT2D eigenvalue weighted by Crippen LogP contribution is 2.31. The average molecular weight is 390 g/mol. The number of carbonyl (C=O) groups excluding carboxylic acids is 1. The van der Waals surface area contributed by atoms with Crippen LogP contribution in [0.5, 0.6) is 0 Å². The summed E-state index contributed by atoms with van der Waals surface area (Å²) in [5, 5.41) is 3.33. The van der Waals surface area contributed by atoms with E-state index in [4.69, 9.17) is 4.74 Å². The van der Waals surface area contributed by atoms with Crippen LogP contribution in [0.3, 0.4) is 0 Å². The molecule has 1 aliphatic heterocycles. The Morgan fingerprint density at radius 1 is 1.11 bits per heavy atom. The second-order valence-electron chi connectivity index (χ2n) is 6.03. The fourth-order valence-corrected chi connectivity index (χ4v) is 2.90. The van der Waals surface area contributed by atoms with Gasteiger partial charge in [-0.1, -0.05) is 35.5 Å². The predicted molar refractivity (Wildman–Crippen MR) is 90.0 cm³/mol. The van der Waals surface area contributed by atoms with E-state index in [1.54, 1.807) is 0 Å². The number of alkyl halides is 3. The number of carbonyl (C=O) groups is 1. The summed E-state index contributed by atoms with van der Waals surface area (Å²) in [7, 11) is 0. The lowest BCUT2D eigenvalue weighted by Crippen LogP contribution is -2.44. The maximum Gasteiger partial charge on any atom is 0.471 e. The number of morpholine rings is 1. The lowest BCUT2D eigenvalue weighted by atomic mass is 10.0. The Hall–Kier alpha value is -3.27. The van der Waals surface area contributed by atoms with E-state index in [9.17, 15) is 18.0 Å². The quantitative estimate of drug-likeness (QED) is 0.683. The summed E-state index contributed by atoms with van der Waals surface area (Å²) in [4.78, 5) is 21.5. The van der Waals surface area contributed by atoms with Crippen LogP contribution in [0.2, 0.25) is 0 Å². The summed E-state index contributed by atoms with van der Waals surface area (Å²) in [5.41, 5.74) is 1.12. The molecule has 0 bridgehead atoms. The van der Waals surface area contributed by atoms with Crippen molar-refractivity contribution in [1.82, 2.24) is 15.1 Å². The molecule has 7 nitrogen and oxygen atoms in total. The molecule has 0 N–H and O–H groups in total. The Morgan fingerprint density at radius 2 is 1.89 bits per heavy atom. The van der Waals surface area contributed by atoms with Gasteiger partial charge in [0.15, 0.2) is 0 Å². The molecule has 1 saturated heterocycles. The van der Waals surface area contributed by atoms with Crippen LogP contribution in [-0.4, -0.2) is 34.2 Å². The van der Waals surface area contributed by atoms with Crippen LogP contribution in [-0.2, 0) is 15.7 Å². The van der Waals surface area contributed by atoms with Crippen LogP contribution in [0.1, 0.15) is 17.5 Å². The topological polar surface area (TPSA) is 81.4 Å². The van der Waals surface area contributed by atoms with Gasteiger partial charge in [-0.3, -0.25) is 9.69 Å². The zero-order chi connectivity index (χ0) is 19.7. The minimum atomic E-state index is -4.72. The highest BCUT2D eigenvalue weighted by molar-refractivity contribution is 5.95. The number of ether oxygens (including phenoxy) is 1. The third kappa shape index (κ3) is 3.46. The standard InChI is InChI=1S/C18H13F3N4O3/c19-18(20,21)17-23-16(24-28-17)12-6-7-14(22-8-12)25-13(9-27-10-15(25)26)11-4-2-1-3-5-11/h1-8,13H,9-10H2/t13-/m0/s1. The number of pyridine rings is 1. The van der Waals surface area contributed by atoms with Crippen LogP contribution < -0.4 is 4.90 Å². The van der Waals surface area contributed by atoms with Gasteiger partial charge in [0, 0.05) is 11.8 Å². The van der Waals surface area contributed by atoms with E-state index in [1.165, 1.54) is 23.2 Å². The smallest absolute Gasteiger partial charge is 0.369 e. The number of hydrogen-bond acceptors (Lipinski definition) is 6. The van der Waals surface area contributed by atoms with Crippen LogP contribution in [0.25, 0.3) is 11.4 Å². The number of amides is 1. The molecule has 0 spiro atoms. The first-order valence-corrected chi connectivity index (χ1v) is 8.25. The van der Waals surface area contributed by atoms with Crippen molar-refractivity contribution >= 4 is 11.7 Å². The van der Waals surface area contributed by atoms with Gasteiger partial charge in [0.25, 0.3) is 5.91 Å². The summed E-state index contributed by atoms with van der Waals surface area (Å²) < 4.78 is 47.4. The third-order valence-corrected chi connectivity index (χ3v) is 4.19. The Labute approximate surface area is 156 Å². The molecule has 1 aromatic carbocycles. The first-order chi connectivity index (χ1) is 13.4. The molecule has 0 unspecified atom stereocenters. The average Bonchev–Trinajstić information content (AvgIpc) is 3.19. The Balaban J connectivity index is 1.63. The van der Waals surface area contributed by atoms with Gasteiger partial charge < -0.3 is 9.26 Å². The van der Waals surface area contributed by atoms with Gasteiger partial charge in [0.05, 0.1) is 12.6 Å². The van der Waals surface area contributed by atoms with Crippen molar-refractivity contribution in [3.8, 4) is 11.4 Å². The van der Waals surface area contributed by atoms with Gasteiger partial charge in [-0.15, -0.1) is 0 Å². The number of aromatic nitrogens is 3. The zero-order valence-electron chi connectivity index (χ0n) is 14.3. The zero-order valence-corrected chi connectivity index (χ0v) is 14.3. The molecule has 1 fully saturated rings. The van der Waals surface area contributed by atoms with Crippen LogP contribution in [0.4, 0.5) is 19.0 Å². The van der Waals surface area contributed by atoms with Gasteiger partial charge in [0.1, 0.15) is 12.4 Å². The molecule has 144 valence electrons. The molecule has 0 radical (unpaired) electrons. The Morgan fingerprint density at radius 3 is 2.54 bits per heavy atom. The molecule has 1 aliphatic rings. The lowest BCUT2D eigenvalue weighted by molar-refractivity contribution is -0.159. The molecule has 3 aromatic rings. The molecule has 10 heteroatoms. The molecule has 2 aromatic heterocycles. The first-order valence-electron chi connectivity index (χ1n) is 8.25. The summed E-state index contributed by atoms with van der Waals surface area (Å²) >= 11 is 0. The molecular weight excluding hydrogens is 377 g/mol. The molecule has 1 amide bonds. The predicted octanol–water partition coefficient (Wildman–Crippen LogP) is 3.25. The van der Waals surface area contributed by atoms with E-state index in [2.05, 4.69) is 19.6 Å². The summed E-state index contributed by atoms with van der Waals surface area (Å²) in [6, 6.07) is 12.0. The van der Waals surface area contributed by atoms with Gasteiger partial charge in [0.2, 0.25) is 5.82 Å². The van der Waals surface area contributed by atoms with Crippen LogP contribution in [0.15, 0.2) is 53.2 Å². The van der Waals surface area contributed by atoms with E-state index in [1.807, 2.05) is 30.3 Å². The van der Waals surface area contributed by atoms with Crippen LogP contribution in [0, 0.1) is 0 Å². The van der Waals surface area contributed by atoms with Crippen molar-refractivity contribution in [3.05, 3.63) is 60.1 Å². The van der Waals surface area contributed by atoms with E-state index >= 15 is 0 Å². The molecule has 28 heavy (non-hydrogen) atoms. The molecule has 3 heterocycles. The Kier molecular flexibility index (Phi) is 4.55. The van der Waals surface area contributed by atoms with Gasteiger partial charge in [-0.2, -0.15) is 18.2 Å². The number of benzene rings is 1. The van der Waals surface area contributed by atoms with E-state index in [0.717, 1.165) is 5.56 Å². The fourth-order valence-electron chi connectivity index (χ4n) is 2.90. The minimum Gasteiger partial charge on any atom is -0.369 e.